The molecule has 2 aromatic carbocycles. The number of hydrogen-bond donors (Lipinski definition) is 2. The van der Waals surface area contributed by atoms with Gasteiger partial charge in [0.1, 0.15) is 5.82 Å². The van der Waals surface area contributed by atoms with Crippen molar-refractivity contribution in [1.82, 2.24) is 5.32 Å². The molecule has 25 heavy (non-hydrogen) atoms. The van der Waals surface area contributed by atoms with Crippen molar-refractivity contribution >= 4 is 23.0 Å². The van der Waals surface area contributed by atoms with Crippen LogP contribution in [0.5, 0.6) is 0 Å². The molecule has 1 saturated carbocycles. The van der Waals surface area contributed by atoms with E-state index in [1.165, 1.54) is 18.2 Å². The number of hydrogen-bond acceptors (Lipinski definition) is 1. The number of thiocarbonyl (C=S) groups is 1. The van der Waals surface area contributed by atoms with Crippen molar-refractivity contribution in [2.45, 2.75) is 31.1 Å². The van der Waals surface area contributed by atoms with Crippen LogP contribution in [0.2, 0.25) is 0 Å². The molecule has 0 atom stereocenters. The van der Waals surface area contributed by atoms with Gasteiger partial charge in [0.05, 0.1) is 0 Å². The summed E-state index contributed by atoms with van der Waals surface area (Å²) in [5.74, 6) is -2.07. The molecule has 2 N–H and O–H groups in total. The standard InChI is InChI=1S/C19H19F3N2S/c20-14-5-3-13(4-6-14)19(9-1-2-10-19)12-23-18(25)24-15-7-8-16(21)17(22)11-15/h3-8,11H,1-2,9-10,12H2,(H2,23,24,25). The van der Waals surface area contributed by atoms with Gasteiger partial charge in [0.25, 0.3) is 0 Å². The zero-order chi connectivity index (χ0) is 17.9. The lowest BCUT2D eigenvalue weighted by Gasteiger charge is -2.30. The van der Waals surface area contributed by atoms with Gasteiger partial charge in [-0.05, 0) is 54.9 Å². The van der Waals surface area contributed by atoms with E-state index in [1.807, 2.05) is 12.1 Å². The number of nitrogens with one attached hydrogen (secondary N) is 2. The molecule has 0 aromatic heterocycles. The molecule has 132 valence electrons. The normalized spacial score (nSPS) is 15.8. The fourth-order valence-electron chi connectivity index (χ4n) is 3.42. The highest BCUT2D eigenvalue weighted by molar-refractivity contribution is 7.80. The molecule has 1 fully saturated rings. The van der Waals surface area contributed by atoms with E-state index < -0.39 is 11.6 Å². The Morgan fingerprint density at radius 1 is 0.960 bits per heavy atom. The van der Waals surface area contributed by atoms with Gasteiger partial charge in [0.15, 0.2) is 16.7 Å². The van der Waals surface area contributed by atoms with Crippen LogP contribution in [-0.4, -0.2) is 11.7 Å². The second-order valence-corrected chi connectivity index (χ2v) is 6.84. The van der Waals surface area contributed by atoms with Crippen molar-refractivity contribution in [2.75, 3.05) is 11.9 Å². The summed E-state index contributed by atoms with van der Waals surface area (Å²) in [7, 11) is 0. The van der Waals surface area contributed by atoms with Crippen LogP contribution in [-0.2, 0) is 5.41 Å². The molecule has 1 aliphatic carbocycles. The summed E-state index contributed by atoms with van der Waals surface area (Å²) < 4.78 is 39.5. The Labute approximate surface area is 150 Å². The highest BCUT2D eigenvalue weighted by atomic mass is 32.1. The Bertz CT molecular complexity index is 756. The van der Waals surface area contributed by atoms with Crippen LogP contribution in [0.3, 0.4) is 0 Å². The Morgan fingerprint density at radius 2 is 1.64 bits per heavy atom. The Morgan fingerprint density at radius 3 is 2.28 bits per heavy atom. The van der Waals surface area contributed by atoms with Crippen molar-refractivity contribution in [3.05, 3.63) is 65.5 Å². The Balaban J connectivity index is 1.66. The van der Waals surface area contributed by atoms with Crippen molar-refractivity contribution in [2.24, 2.45) is 0 Å². The van der Waals surface area contributed by atoms with Gasteiger partial charge in [-0.25, -0.2) is 13.2 Å². The minimum Gasteiger partial charge on any atom is -0.362 e. The quantitative estimate of drug-likeness (QED) is 0.755. The van der Waals surface area contributed by atoms with Crippen LogP contribution in [0, 0.1) is 17.5 Å². The highest BCUT2D eigenvalue weighted by Crippen LogP contribution is 2.40. The minimum atomic E-state index is -0.925. The Kier molecular flexibility index (Phi) is 5.27. The van der Waals surface area contributed by atoms with Gasteiger partial charge in [-0.1, -0.05) is 25.0 Å². The first kappa shape index (κ1) is 17.7. The number of benzene rings is 2. The van der Waals surface area contributed by atoms with E-state index in [1.54, 1.807) is 0 Å². The summed E-state index contributed by atoms with van der Waals surface area (Å²) in [5.41, 5.74) is 1.39. The summed E-state index contributed by atoms with van der Waals surface area (Å²) in [6.07, 6.45) is 4.23. The Hall–Kier alpha value is -2.08. The van der Waals surface area contributed by atoms with E-state index in [2.05, 4.69) is 10.6 Å². The third-order valence-electron chi connectivity index (χ3n) is 4.78. The third kappa shape index (κ3) is 4.12. The zero-order valence-corrected chi connectivity index (χ0v) is 14.4. The van der Waals surface area contributed by atoms with Crippen LogP contribution in [0.25, 0.3) is 0 Å². The molecule has 2 aromatic rings. The van der Waals surface area contributed by atoms with Gasteiger partial charge in [0.2, 0.25) is 0 Å². The van der Waals surface area contributed by atoms with Gasteiger partial charge >= 0.3 is 0 Å². The molecule has 0 amide bonds. The average Bonchev–Trinajstić information content (AvgIpc) is 3.07. The molecular weight excluding hydrogens is 345 g/mol. The first-order valence-corrected chi connectivity index (χ1v) is 8.65. The maximum atomic E-state index is 13.3. The monoisotopic (exact) mass is 364 g/mol. The minimum absolute atomic E-state index is 0.0898. The fraction of sp³-hybridized carbons (Fsp3) is 0.316. The van der Waals surface area contributed by atoms with E-state index >= 15 is 0 Å². The van der Waals surface area contributed by atoms with Gasteiger partial charge in [-0.3, -0.25) is 0 Å². The maximum absolute atomic E-state index is 13.3. The number of rotatable bonds is 4. The van der Waals surface area contributed by atoms with E-state index in [-0.39, 0.29) is 11.2 Å². The lowest BCUT2D eigenvalue weighted by atomic mass is 9.79. The van der Waals surface area contributed by atoms with Crippen LogP contribution < -0.4 is 10.6 Å². The molecule has 0 unspecified atom stereocenters. The lowest BCUT2D eigenvalue weighted by Crippen LogP contribution is -2.40. The van der Waals surface area contributed by atoms with E-state index in [0.717, 1.165) is 43.4 Å². The zero-order valence-electron chi connectivity index (χ0n) is 13.6. The number of halogens is 3. The van der Waals surface area contributed by atoms with Gasteiger partial charge in [-0.2, -0.15) is 0 Å². The van der Waals surface area contributed by atoms with Gasteiger partial charge in [0, 0.05) is 23.7 Å². The molecule has 0 saturated heterocycles. The fourth-order valence-corrected chi connectivity index (χ4v) is 3.61. The van der Waals surface area contributed by atoms with Gasteiger partial charge in [-0.15, -0.1) is 0 Å². The van der Waals surface area contributed by atoms with Gasteiger partial charge < -0.3 is 10.6 Å². The molecule has 1 aliphatic rings. The first-order valence-electron chi connectivity index (χ1n) is 8.24. The summed E-state index contributed by atoms with van der Waals surface area (Å²) in [6, 6.07) is 10.2. The maximum Gasteiger partial charge on any atom is 0.170 e. The van der Waals surface area contributed by atoms with Crippen LogP contribution >= 0.6 is 12.2 Å². The van der Waals surface area contributed by atoms with Crippen LogP contribution in [0.15, 0.2) is 42.5 Å². The van der Waals surface area contributed by atoms with Crippen molar-refractivity contribution < 1.29 is 13.2 Å². The van der Waals surface area contributed by atoms with Crippen LogP contribution in [0.4, 0.5) is 18.9 Å². The average molecular weight is 364 g/mol. The summed E-state index contributed by atoms with van der Waals surface area (Å²) >= 11 is 5.27. The SMILES string of the molecule is Fc1ccc(C2(CNC(=S)Nc3ccc(F)c(F)c3)CCCC2)cc1. The van der Waals surface area contributed by atoms with Crippen molar-refractivity contribution in [3.8, 4) is 0 Å². The predicted molar refractivity (Wildman–Crippen MR) is 97.1 cm³/mol. The second-order valence-electron chi connectivity index (χ2n) is 6.43. The first-order chi connectivity index (χ1) is 12.0. The van der Waals surface area contributed by atoms with Crippen LogP contribution in [0.1, 0.15) is 31.2 Å². The molecule has 3 rings (SSSR count). The topological polar surface area (TPSA) is 24.1 Å². The van der Waals surface area contributed by atoms with E-state index in [0.29, 0.717) is 17.3 Å². The molecule has 0 spiro atoms. The summed E-state index contributed by atoms with van der Waals surface area (Å²) in [4.78, 5) is 0. The molecule has 0 aliphatic heterocycles. The second kappa shape index (κ2) is 7.44. The van der Waals surface area contributed by atoms with Crippen molar-refractivity contribution in [3.63, 3.8) is 0 Å². The summed E-state index contributed by atoms with van der Waals surface area (Å²) in [5, 5.41) is 6.38. The van der Waals surface area contributed by atoms with E-state index in [4.69, 9.17) is 12.2 Å². The lowest BCUT2D eigenvalue weighted by molar-refractivity contribution is 0.434. The van der Waals surface area contributed by atoms with Crippen molar-refractivity contribution in [1.29, 1.82) is 0 Å². The smallest absolute Gasteiger partial charge is 0.170 e. The molecule has 0 radical (unpaired) electrons. The van der Waals surface area contributed by atoms with E-state index in [9.17, 15) is 13.2 Å². The highest BCUT2D eigenvalue weighted by Gasteiger charge is 2.35. The largest absolute Gasteiger partial charge is 0.362 e. The predicted octanol–water partition coefficient (Wildman–Crippen LogP) is 4.90. The molecule has 2 nitrogen and oxygen atoms in total. The molecule has 6 heteroatoms. The third-order valence-corrected chi connectivity index (χ3v) is 5.03. The summed E-state index contributed by atoms with van der Waals surface area (Å²) in [6.45, 7) is 0.605. The molecule has 0 heterocycles. The number of anilines is 1. The molecular formula is C19H19F3N2S. The molecule has 0 bridgehead atoms.